The monoisotopic (exact) mass is 477 g/mol. The fourth-order valence-electron chi connectivity index (χ4n) is 4.32. The number of nitrogens with zero attached hydrogens (tertiary/aromatic N) is 6. The van der Waals surface area contributed by atoms with Crippen molar-refractivity contribution < 1.29 is 9.21 Å². The van der Waals surface area contributed by atoms with Gasteiger partial charge in [-0.25, -0.2) is 14.6 Å². The number of aryl methyl sites for hydroxylation is 2. The SMILES string of the molecule is Nc1c2c(nc(C(=O)Cc3ccccc3)n3nc(-c4ccco4)nc23)nn1CCCc1ccccc1. The molecule has 0 atom stereocenters. The molecular weight excluding hydrogens is 454 g/mol. The highest BCUT2D eigenvalue weighted by Crippen LogP contribution is 2.27. The summed E-state index contributed by atoms with van der Waals surface area (Å²) in [5.41, 5.74) is 9.47. The number of rotatable bonds is 8. The van der Waals surface area contributed by atoms with Crippen LogP contribution in [-0.4, -0.2) is 35.1 Å². The Morgan fingerprint density at radius 2 is 1.64 bits per heavy atom. The third-order valence-corrected chi connectivity index (χ3v) is 6.09. The van der Waals surface area contributed by atoms with Gasteiger partial charge in [-0.15, -0.1) is 5.10 Å². The van der Waals surface area contributed by atoms with Gasteiger partial charge < -0.3 is 10.2 Å². The van der Waals surface area contributed by atoms with Crippen molar-refractivity contribution in [2.75, 3.05) is 5.73 Å². The van der Waals surface area contributed by atoms with Gasteiger partial charge in [-0.05, 0) is 36.1 Å². The molecular formula is C27H23N7O2. The molecule has 0 aliphatic heterocycles. The van der Waals surface area contributed by atoms with Crippen LogP contribution in [0.5, 0.6) is 0 Å². The minimum atomic E-state index is -0.193. The third-order valence-electron chi connectivity index (χ3n) is 6.09. The van der Waals surface area contributed by atoms with Gasteiger partial charge in [-0.3, -0.25) is 4.79 Å². The van der Waals surface area contributed by atoms with E-state index in [1.165, 1.54) is 10.1 Å². The largest absolute Gasteiger partial charge is 0.461 e. The van der Waals surface area contributed by atoms with Crippen LogP contribution >= 0.6 is 0 Å². The normalized spacial score (nSPS) is 11.4. The van der Waals surface area contributed by atoms with Gasteiger partial charge in [0.2, 0.25) is 17.4 Å². The summed E-state index contributed by atoms with van der Waals surface area (Å²) in [5, 5.41) is 9.76. The average Bonchev–Trinajstić information content (AvgIpc) is 3.64. The van der Waals surface area contributed by atoms with Crippen molar-refractivity contribution >= 4 is 28.3 Å². The summed E-state index contributed by atoms with van der Waals surface area (Å²) in [4.78, 5) is 22.6. The van der Waals surface area contributed by atoms with Crippen LogP contribution in [0.2, 0.25) is 0 Å². The molecule has 0 bridgehead atoms. The zero-order valence-electron chi connectivity index (χ0n) is 19.4. The maximum Gasteiger partial charge on any atom is 0.218 e. The first-order valence-corrected chi connectivity index (χ1v) is 11.7. The summed E-state index contributed by atoms with van der Waals surface area (Å²) in [7, 11) is 0. The van der Waals surface area contributed by atoms with Crippen molar-refractivity contribution in [2.45, 2.75) is 25.8 Å². The first-order chi connectivity index (χ1) is 17.7. The zero-order chi connectivity index (χ0) is 24.5. The number of hydrogen-bond acceptors (Lipinski definition) is 7. The second-order valence-corrected chi connectivity index (χ2v) is 8.57. The molecule has 6 aromatic rings. The first kappa shape index (κ1) is 21.7. The van der Waals surface area contributed by atoms with Crippen molar-refractivity contribution in [3.63, 3.8) is 0 Å². The van der Waals surface area contributed by atoms with Gasteiger partial charge in [0.25, 0.3) is 0 Å². The Kier molecular flexibility index (Phi) is 5.49. The number of aromatic nitrogens is 6. The first-order valence-electron chi connectivity index (χ1n) is 11.7. The molecule has 0 saturated heterocycles. The highest BCUT2D eigenvalue weighted by molar-refractivity contribution is 6.02. The molecule has 0 fully saturated rings. The molecule has 0 aliphatic carbocycles. The van der Waals surface area contributed by atoms with Gasteiger partial charge in [0, 0.05) is 13.0 Å². The van der Waals surface area contributed by atoms with Crippen LogP contribution in [0.3, 0.4) is 0 Å². The number of fused-ring (bicyclic) bond motifs is 3. The van der Waals surface area contributed by atoms with Crippen LogP contribution in [-0.2, 0) is 19.4 Å². The standard InChI is InChI=1S/C27H23N7O2/c28-23-22-25(31-33(23)15-7-13-18-9-3-1-4-10-18)30-26(20(35)17-19-11-5-2-6-12-19)34-27(22)29-24(32-34)21-14-8-16-36-21/h1-6,8-12,14,16H,7,13,15,17,28H2. The summed E-state index contributed by atoms with van der Waals surface area (Å²) in [5.74, 6) is 1.24. The van der Waals surface area contributed by atoms with E-state index in [4.69, 9.17) is 10.2 Å². The van der Waals surface area contributed by atoms with E-state index in [9.17, 15) is 4.79 Å². The van der Waals surface area contributed by atoms with Crippen LogP contribution in [0.15, 0.2) is 83.5 Å². The van der Waals surface area contributed by atoms with Crippen molar-refractivity contribution in [2.24, 2.45) is 0 Å². The Hall–Kier alpha value is -4.79. The third kappa shape index (κ3) is 4.00. The molecule has 0 spiro atoms. The molecule has 0 unspecified atom stereocenters. The maximum atomic E-state index is 13.3. The van der Waals surface area contributed by atoms with Crippen LogP contribution < -0.4 is 5.73 Å². The quantitative estimate of drug-likeness (QED) is 0.323. The van der Waals surface area contributed by atoms with Crippen LogP contribution in [0.1, 0.15) is 28.2 Å². The van der Waals surface area contributed by atoms with Gasteiger partial charge in [0.15, 0.2) is 17.1 Å². The number of ketones is 1. The average molecular weight is 478 g/mol. The highest BCUT2D eigenvalue weighted by Gasteiger charge is 2.24. The molecule has 0 amide bonds. The fraction of sp³-hybridized carbons (Fsp3) is 0.148. The lowest BCUT2D eigenvalue weighted by atomic mass is 10.1. The second kappa shape index (κ2) is 9.10. The van der Waals surface area contributed by atoms with Gasteiger partial charge in [0.05, 0.1) is 6.26 Å². The Balaban J connectivity index is 1.41. The van der Waals surface area contributed by atoms with Gasteiger partial charge in [-0.1, -0.05) is 60.7 Å². The smallest absolute Gasteiger partial charge is 0.218 e. The van der Waals surface area contributed by atoms with E-state index in [0.717, 1.165) is 18.4 Å². The molecule has 0 saturated carbocycles. The number of Topliss-reactive ketones (excluding diaryl/α,β-unsaturated/α-hetero) is 1. The molecule has 9 heteroatoms. The van der Waals surface area contributed by atoms with E-state index in [0.29, 0.717) is 40.6 Å². The predicted molar refractivity (Wildman–Crippen MR) is 135 cm³/mol. The lowest BCUT2D eigenvalue weighted by Crippen LogP contribution is -2.13. The topological polar surface area (TPSA) is 117 Å². The number of benzene rings is 2. The van der Waals surface area contributed by atoms with Crippen LogP contribution in [0, 0.1) is 0 Å². The summed E-state index contributed by atoms with van der Waals surface area (Å²) in [6.45, 7) is 0.607. The number of nitrogen functional groups attached to an aromatic ring is 1. The lowest BCUT2D eigenvalue weighted by Gasteiger charge is -2.04. The Bertz CT molecular complexity index is 1650. The van der Waals surface area contributed by atoms with E-state index in [1.807, 2.05) is 48.5 Å². The molecule has 2 N–H and O–H groups in total. The van der Waals surface area contributed by atoms with Crippen molar-refractivity contribution in [3.05, 3.63) is 96.0 Å². The highest BCUT2D eigenvalue weighted by atomic mass is 16.3. The van der Waals surface area contributed by atoms with E-state index < -0.39 is 0 Å². The molecule has 178 valence electrons. The number of hydrogen-bond donors (Lipinski definition) is 1. The molecule has 6 rings (SSSR count). The fourth-order valence-corrected chi connectivity index (χ4v) is 4.32. The lowest BCUT2D eigenvalue weighted by molar-refractivity contribution is 0.0980. The molecule has 9 nitrogen and oxygen atoms in total. The Labute approximate surface area is 206 Å². The summed E-state index contributed by atoms with van der Waals surface area (Å²) < 4.78 is 8.68. The maximum absolute atomic E-state index is 13.3. The van der Waals surface area contributed by atoms with E-state index >= 15 is 0 Å². The van der Waals surface area contributed by atoms with E-state index in [-0.39, 0.29) is 18.0 Å². The van der Waals surface area contributed by atoms with Gasteiger partial charge in [0.1, 0.15) is 11.2 Å². The summed E-state index contributed by atoms with van der Waals surface area (Å²) in [6.07, 6.45) is 3.48. The Morgan fingerprint density at radius 1 is 0.889 bits per heavy atom. The van der Waals surface area contributed by atoms with Gasteiger partial charge in [-0.2, -0.15) is 9.61 Å². The van der Waals surface area contributed by atoms with Crippen molar-refractivity contribution in [1.29, 1.82) is 0 Å². The summed E-state index contributed by atoms with van der Waals surface area (Å²) in [6, 6.07) is 23.3. The second-order valence-electron chi connectivity index (χ2n) is 8.57. The van der Waals surface area contributed by atoms with Crippen molar-refractivity contribution in [3.8, 4) is 11.6 Å². The van der Waals surface area contributed by atoms with E-state index in [1.54, 1.807) is 23.1 Å². The number of furan rings is 1. The molecule has 0 radical (unpaired) electrons. The molecule has 0 aliphatic rings. The number of anilines is 1. The number of carbonyl (C=O) groups excluding carboxylic acids is 1. The minimum absolute atomic E-state index is 0.153. The molecule has 2 aromatic carbocycles. The minimum Gasteiger partial charge on any atom is -0.461 e. The predicted octanol–water partition coefficient (Wildman–Crippen LogP) is 4.37. The van der Waals surface area contributed by atoms with E-state index in [2.05, 4.69) is 32.3 Å². The van der Waals surface area contributed by atoms with Crippen molar-refractivity contribution in [1.82, 2.24) is 29.4 Å². The number of nitrogens with two attached hydrogens (primary N) is 1. The molecule has 4 heterocycles. The van der Waals surface area contributed by atoms with Crippen LogP contribution in [0.25, 0.3) is 28.3 Å². The zero-order valence-corrected chi connectivity index (χ0v) is 19.4. The Morgan fingerprint density at radius 3 is 2.36 bits per heavy atom. The molecule has 36 heavy (non-hydrogen) atoms. The van der Waals surface area contributed by atoms with Gasteiger partial charge >= 0.3 is 0 Å². The summed E-state index contributed by atoms with van der Waals surface area (Å²) >= 11 is 0. The van der Waals surface area contributed by atoms with Crippen LogP contribution in [0.4, 0.5) is 5.82 Å². The molecule has 4 aromatic heterocycles. The number of carbonyl (C=O) groups is 1.